The van der Waals surface area contributed by atoms with Crippen LogP contribution >= 0.6 is 0 Å². The standard InChI is InChI=1S/C9H16N2O/c1-8(6-12-2)9(7-10)4-3-5-11-9/h8,11H,3-6H2,1-2H3. The van der Waals surface area contributed by atoms with Crippen molar-refractivity contribution in [2.24, 2.45) is 5.92 Å². The first-order valence-electron chi connectivity index (χ1n) is 4.40. The van der Waals surface area contributed by atoms with Crippen molar-refractivity contribution >= 4 is 0 Å². The van der Waals surface area contributed by atoms with Gasteiger partial charge in [0.1, 0.15) is 5.54 Å². The van der Waals surface area contributed by atoms with Crippen LogP contribution in [0.5, 0.6) is 0 Å². The molecule has 12 heavy (non-hydrogen) atoms. The summed E-state index contributed by atoms with van der Waals surface area (Å²) in [5.41, 5.74) is -0.323. The number of nitrogens with one attached hydrogen (secondary N) is 1. The van der Waals surface area contributed by atoms with Crippen LogP contribution in [-0.4, -0.2) is 25.8 Å². The van der Waals surface area contributed by atoms with Crippen LogP contribution < -0.4 is 5.32 Å². The summed E-state index contributed by atoms with van der Waals surface area (Å²) in [5.74, 6) is 0.273. The van der Waals surface area contributed by atoms with E-state index in [2.05, 4.69) is 18.3 Å². The van der Waals surface area contributed by atoms with Gasteiger partial charge in [0.15, 0.2) is 0 Å². The van der Waals surface area contributed by atoms with Crippen molar-refractivity contribution in [2.75, 3.05) is 20.3 Å². The molecule has 1 saturated heterocycles. The topological polar surface area (TPSA) is 45.0 Å². The van der Waals surface area contributed by atoms with Gasteiger partial charge in [-0.3, -0.25) is 5.32 Å². The minimum atomic E-state index is -0.323. The summed E-state index contributed by atoms with van der Waals surface area (Å²) in [6.45, 7) is 3.67. The summed E-state index contributed by atoms with van der Waals surface area (Å²) < 4.78 is 5.05. The molecule has 0 aromatic carbocycles. The van der Waals surface area contributed by atoms with E-state index in [0.717, 1.165) is 19.4 Å². The van der Waals surface area contributed by atoms with E-state index < -0.39 is 0 Å². The molecule has 2 atom stereocenters. The molecule has 0 aliphatic carbocycles. The fourth-order valence-electron chi connectivity index (χ4n) is 1.79. The molecule has 1 fully saturated rings. The summed E-state index contributed by atoms with van der Waals surface area (Å²) in [6, 6.07) is 2.37. The maximum Gasteiger partial charge on any atom is 0.111 e. The molecule has 0 aromatic heterocycles. The second-order valence-electron chi connectivity index (χ2n) is 3.47. The van der Waals surface area contributed by atoms with Gasteiger partial charge in [-0.1, -0.05) is 6.92 Å². The maximum absolute atomic E-state index is 9.05. The van der Waals surface area contributed by atoms with Gasteiger partial charge in [-0.15, -0.1) is 0 Å². The van der Waals surface area contributed by atoms with Crippen molar-refractivity contribution in [1.29, 1.82) is 5.26 Å². The van der Waals surface area contributed by atoms with Crippen LogP contribution in [-0.2, 0) is 4.74 Å². The predicted molar refractivity (Wildman–Crippen MR) is 46.6 cm³/mol. The Labute approximate surface area is 73.7 Å². The Balaban J connectivity index is 2.60. The average molecular weight is 168 g/mol. The van der Waals surface area contributed by atoms with Gasteiger partial charge in [0.2, 0.25) is 0 Å². The summed E-state index contributed by atoms with van der Waals surface area (Å²) >= 11 is 0. The first kappa shape index (κ1) is 9.50. The zero-order valence-corrected chi connectivity index (χ0v) is 7.76. The van der Waals surface area contributed by atoms with Gasteiger partial charge in [0.05, 0.1) is 12.7 Å². The lowest BCUT2D eigenvalue weighted by Crippen LogP contribution is -2.46. The molecule has 0 amide bonds. The van der Waals surface area contributed by atoms with E-state index in [1.165, 1.54) is 0 Å². The lowest BCUT2D eigenvalue weighted by Gasteiger charge is -2.27. The zero-order valence-electron chi connectivity index (χ0n) is 7.76. The quantitative estimate of drug-likeness (QED) is 0.681. The Morgan fingerprint density at radius 2 is 2.50 bits per heavy atom. The predicted octanol–water partition coefficient (Wildman–Crippen LogP) is 0.915. The van der Waals surface area contributed by atoms with E-state index in [1.807, 2.05) is 0 Å². The SMILES string of the molecule is COCC(C)C1(C#N)CCCN1. The molecule has 3 heteroatoms. The Bertz CT molecular complexity index is 179. The number of nitriles is 1. The Morgan fingerprint density at radius 3 is 2.92 bits per heavy atom. The van der Waals surface area contributed by atoms with Gasteiger partial charge < -0.3 is 4.74 Å². The minimum Gasteiger partial charge on any atom is -0.384 e. The second kappa shape index (κ2) is 3.88. The van der Waals surface area contributed by atoms with Crippen LogP contribution in [0.3, 0.4) is 0 Å². The van der Waals surface area contributed by atoms with Crippen LogP contribution in [0.1, 0.15) is 19.8 Å². The third-order valence-corrected chi connectivity index (χ3v) is 2.65. The third-order valence-electron chi connectivity index (χ3n) is 2.65. The Morgan fingerprint density at radius 1 is 1.75 bits per heavy atom. The van der Waals surface area contributed by atoms with Gasteiger partial charge in [-0.05, 0) is 19.4 Å². The number of methoxy groups -OCH3 is 1. The van der Waals surface area contributed by atoms with Crippen molar-refractivity contribution in [3.05, 3.63) is 0 Å². The van der Waals surface area contributed by atoms with Crippen molar-refractivity contribution < 1.29 is 4.74 Å². The Kier molecular flexibility index (Phi) is 3.07. The molecule has 0 saturated carbocycles. The minimum absolute atomic E-state index is 0.273. The van der Waals surface area contributed by atoms with E-state index in [1.54, 1.807) is 7.11 Å². The van der Waals surface area contributed by atoms with Crippen LogP contribution in [0.15, 0.2) is 0 Å². The highest BCUT2D eigenvalue weighted by Gasteiger charge is 2.38. The van der Waals surface area contributed by atoms with Gasteiger partial charge in [-0.2, -0.15) is 5.26 Å². The van der Waals surface area contributed by atoms with Crippen molar-refractivity contribution in [3.8, 4) is 6.07 Å². The molecule has 0 radical (unpaired) electrons. The molecule has 1 heterocycles. The molecule has 0 spiro atoms. The monoisotopic (exact) mass is 168 g/mol. The van der Waals surface area contributed by atoms with Crippen LogP contribution in [0.2, 0.25) is 0 Å². The molecule has 1 N–H and O–H groups in total. The summed E-state index contributed by atoms with van der Waals surface area (Å²) in [6.07, 6.45) is 2.05. The Hall–Kier alpha value is -0.590. The van der Waals surface area contributed by atoms with Gasteiger partial charge in [0.25, 0.3) is 0 Å². The summed E-state index contributed by atoms with van der Waals surface area (Å²) in [4.78, 5) is 0. The molecule has 3 nitrogen and oxygen atoms in total. The second-order valence-corrected chi connectivity index (χ2v) is 3.47. The highest BCUT2D eigenvalue weighted by Crippen LogP contribution is 2.26. The average Bonchev–Trinajstić information content (AvgIpc) is 2.54. The fourth-order valence-corrected chi connectivity index (χ4v) is 1.79. The van der Waals surface area contributed by atoms with Crippen LogP contribution in [0, 0.1) is 17.2 Å². The van der Waals surface area contributed by atoms with Crippen molar-refractivity contribution in [1.82, 2.24) is 5.32 Å². The molecule has 2 unspecified atom stereocenters. The third kappa shape index (κ3) is 1.60. The maximum atomic E-state index is 9.05. The fraction of sp³-hybridized carbons (Fsp3) is 0.889. The zero-order chi connectivity index (χ0) is 9.03. The number of nitrogens with zero attached hydrogens (tertiary/aromatic N) is 1. The van der Waals surface area contributed by atoms with Gasteiger partial charge >= 0.3 is 0 Å². The largest absolute Gasteiger partial charge is 0.384 e. The first-order valence-corrected chi connectivity index (χ1v) is 4.40. The normalized spacial score (nSPS) is 31.4. The molecule has 1 aliphatic rings. The number of hydrogen-bond acceptors (Lipinski definition) is 3. The summed E-state index contributed by atoms with van der Waals surface area (Å²) in [7, 11) is 1.68. The van der Waals surface area contributed by atoms with E-state index in [0.29, 0.717) is 6.61 Å². The molecule has 1 rings (SSSR count). The lowest BCUT2D eigenvalue weighted by atomic mass is 9.86. The molecule has 0 bridgehead atoms. The van der Waals surface area contributed by atoms with Crippen molar-refractivity contribution in [3.63, 3.8) is 0 Å². The molecular formula is C9H16N2O. The molecular weight excluding hydrogens is 152 g/mol. The number of rotatable bonds is 3. The van der Waals surface area contributed by atoms with E-state index >= 15 is 0 Å². The molecule has 68 valence electrons. The summed E-state index contributed by atoms with van der Waals surface area (Å²) in [5, 5.41) is 12.3. The highest BCUT2D eigenvalue weighted by molar-refractivity contribution is 5.12. The molecule has 0 aromatic rings. The molecule has 1 aliphatic heterocycles. The van der Waals surface area contributed by atoms with Gasteiger partial charge in [-0.25, -0.2) is 0 Å². The first-order chi connectivity index (χ1) is 5.75. The van der Waals surface area contributed by atoms with E-state index in [9.17, 15) is 0 Å². The smallest absolute Gasteiger partial charge is 0.111 e. The number of hydrogen-bond donors (Lipinski definition) is 1. The van der Waals surface area contributed by atoms with E-state index in [-0.39, 0.29) is 11.5 Å². The lowest BCUT2D eigenvalue weighted by molar-refractivity contribution is 0.126. The van der Waals surface area contributed by atoms with Crippen LogP contribution in [0.25, 0.3) is 0 Å². The van der Waals surface area contributed by atoms with Crippen molar-refractivity contribution in [2.45, 2.75) is 25.3 Å². The van der Waals surface area contributed by atoms with Gasteiger partial charge in [0, 0.05) is 13.0 Å². The number of ether oxygens (including phenoxy) is 1. The van der Waals surface area contributed by atoms with E-state index in [4.69, 9.17) is 10.00 Å². The highest BCUT2D eigenvalue weighted by atomic mass is 16.5. The van der Waals surface area contributed by atoms with Crippen LogP contribution in [0.4, 0.5) is 0 Å².